The van der Waals surface area contributed by atoms with Gasteiger partial charge in [-0.2, -0.15) is 0 Å². The molecule has 3 aromatic rings. The van der Waals surface area contributed by atoms with Crippen LogP contribution in [0.3, 0.4) is 0 Å². The summed E-state index contributed by atoms with van der Waals surface area (Å²) in [6, 6.07) is 14.3. The summed E-state index contributed by atoms with van der Waals surface area (Å²) in [6.45, 7) is 4.33. The second-order valence-electron chi connectivity index (χ2n) is 6.83. The highest BCUT2D eigenvalue weighted by atomic mass is 16.3. The lowest BCUT2D eigenvalue weighted by Crippen LogP contribution is -2.48. The van der Waals surface area contributed by atoms with Crippen molar-refractivity contribution in [3.05, 3.63) is 70.8 Å². The average Bonchev–Trinajstić information content (AvgIpc) is 3.01. The van der Waals surface area contributed by atoms with Gasteiger partial charge in [-0.3, -0.25) is 9.20 Å². The number of hydrogen-bond donors (Lipinski definition) is 2. The molecular formula is C20H24N4O3. The van der Waals surface area contributed by atoms with Crippen molar-refractivity contribution in [3.8, 4) is 0 Å². The largest absolute Gasteiger partial charge is 0.375 e. The van der Waals surface area contributed by atoms with Crippen LogP contribution in [0.2, 0.25) is 0 Å². The minimum absolute atomic E-state index is 0.208. The van der Waals surface area contributed by atoms with Crippen LogP contribution in [0.15, 0.2) is 59.5 Å². The molecule has 7 nitrogen and oxygen atoms in total. The lowest BCUT2D eigenvalue weighted by Gasteiger charge is -2.31. The van der Waals surface area contributed by atoms with Crippen LogP contribution in [0.25, 0.3) is 5.65 Å². The molecule has 2 heterocycles. The Balaban J connectivity index is 1.63. The molecule has 0 aliphatic carbocycles. The van der Waals surface area contributed by atoms with E-state index >= 15 is 0 Å². The molecule has 0 saturated heterocycles. The van der Waals surface area contributed by atoms with Gasteiger partial charge in [0.15, 0.2) is 11.2 Å². The molecule has 1 unspecified atom stereocenters. The Morgan fingerprint density at radius 3 is 2.56 bits per heavy atom. The van der Waals surface area contributed by atoms with Crippen LogP contribution in [-0.4, -0.2) is 31.7 Å². The molecule has 0 spiro atoms. The molecular weight excluding hydrogens is 344 g/mol. The van der Waals surface area contributed by atoms with Crippen molar-refractivity contribution >= 4 is 11.6 Å². The lowest BCUT2D eigenvalue weighted by atomic mass is 9.82. The fraction of sp³-hybridized carbons (Fsp3) is 0.350. The molecule has 0 aliphatic heterocycles. The van der Waals surface area contributed by atoms with E-state index in [1.165, 1.54) is 9.08 Å². The second-order valence-corrected chi connectivity index (χ2v) is 6.83. The van der Waals surface area contributed by atoms with E-state index in [-0.39, 0.29) is 11.6 Å². The topological polar surface area (TPSA) is 88.6 Å². The van der Waals surface area contributed by atoms with Crippen LogP contribution in [0.4, 0.5) is 0 Å². The van der Waals surface area contributed by atoms with Crippen molar-refractivity contribution < 1.29 is 9.90 Å². The van der Waals surface area contributed by atoms with Gasteiger partial charge in [0.2, 0.25) is 0 Å². The normalized spacial score (nSPS) is 13.6. The first kappa shape index (κ1) is 18.8. The van der Waals surface area contributed by atoms with E-state index in [4.69, 9.17) is 0 Å². The number of fused-ring (bicyclic) bond motifs is 1. The maximum Gasteiger partial charge on any atom is 0.350 e. The Kier molecular flexibility index (Phi) is 5.41. The van der Waals surface area contributed by atoms with E-state index in [0.717, 1.165) is 0 Å². The summed E-state index contributed by atoms with van der Waals surface area (Å²) in [6.07, 6.45) is 2.20. The molecule has 7 heteroatoms. The molecule has 142 valence electrons. The maximum atomic E-state index is 12.7. The predicted molar refractivity (Wildman–Crippen MR) is 102 cm³/mol. The fourth-order valence-corrected chi connectivity index (χ4v) is 3.10. The van der Waals surface area contributed by atoms with Gasteiger partial charge >= 0.3 is 5.69 Å². The SMILES string of the molecule is CC(C)C(O)(C(=O)NCCCn1nc2ccccn2c1=O)c1ccccc1. The van der Waals surface area contributed by atoms with Gasteiger partial charge < -0.3 is 10.4 Å². The minimum Gasteiger partial charge on any atom is -0.375 e. The van der Waals surface area contributed by atoms with Crippen LogP contribution < -0.4 is 11.0 Å². The Labute approximate surface area is 157 Å². The van der Waals surface area contributed by atoms with Gasteiger partial charge in [0, 0.05) is 19.3 Å². The molecule has 0 radical (unpaired) electrons. The molecule has 0 fully saturated rings. The van der Waals surface area contributed by atoms with Gasteiger partial charge in [-0.25, -0.2) is 9.48 Å². The number of pyridine rings is 1. The van der Waals surface area contributed by atoms with Crippen molar-refractivity contribution in [1.29, 1.82) is 0 Å². The number of rotatable bonds is 7. The molecule has 27 heavy (non-hydrogen) atoms. The summed E-state index contributed by atoms with van der Waals surface area (Å²) in [4.78, 5) is 24.9. The average molecular weight is 368 g/mol. The molecule has 0 saturated carbocycles. The number of aliphatic hydroxyl groups is 1. The van der Waals surface area contributed by atoms with E-state index in [0.29, 0.717) is 30.7 Å². The zero-order valence-electron chi connectivity index (χ0n) is 15.5. The number of hydrogen-bond acceptors (Lipinski definition) is 4. The number of benzene rings is 1. The standard InChI is InChI=1S/C20H24N4O3/c1-15(2)20(27,16-9-4-3-5-10-16)18(25)21-12-8-14-24-19(26)23-13-7-6-11-17(23)22-24/h3-7,9-11,13,15,27H,8,12,14H2,1-2H3,(H,21,25). The molecule has 1 atom stereocenters. The van der Waals surface area contributed by atoms with Crippen molar-refractivity contribution in [2.24, 2.45) is 5.92 Å². The van der Waals surface area contributed by atoms with E-state index in [1.54, 1.807) is 42.6 Å². The minimum atomic E-state index is -1.60. The highest BCUT2D eigenvalue weighted by Gasteiger charge is 2.40. The summed E-state index contributed by atoms with van der Waals surface area (Å²) >= 11 is 0. The number of amides is 1. The lowest BCUT2D eigenvalue weighted by molar-refractivity contribution is -0.146. The summed E-state index contributed by atoms with van der Waals surface area (Å²) in [5, 5.41) is 18.0. The van der Waals surface area contributed by atoms with Crippen LogP contribution >= 0.6 is 0 Å². The molecule has 2 aromatic heterocycles. The Hall–Kier alpha value is -2.93. The third-order valence-electron chi connectivity index (χ3n) is 4.72. The summed E-state index contributed by atoms with van der Waals surface area (Å²) < 4.78 is 2.86. The van der Waals surface area contributed by atoms with Crippen LogP contribution in [0.1, 0.15) is 25.8 Å². The maximum absolute atomic E-state index is 12.7. The van der Waals surface area contributed by atoms with Gasteiger partial charge in [0.1, 0.15) is 0 Å². The van der Waals surface area contributed by atoms with Gasteiger partial charge in [-0.05, 0) is 30.0 Å². The number of aromatic nitrogens is 3. The monoisotopic (exact) mass is 368 g/mol. The van der Waals surface area contributed by atoms with Gasteiger partial charge in [0.05, 0.1) is 0 Å². The first-order valence-electron chi connectivity index (χ1n) is 9.05. The van der Waals surface area contributed by atoms with Gasteiger partial charge in [-0.1, -0.05) is 50.2 Å². The Morgan fingerprint density at radius 2 is 1.89 bits per heavy atom. The third-order valence-corrected chi connectivity index (χ3v) is 4.72. The van der Waals surface area contributed by atoms with Crippen molar-refractivity contribution in [2.75, 3.05) is 6.54 Å². The van der Waals surface area contributed by atoms with E-state index in [9.17, 15) is 14.7 Å². The molecule has 2 N–H and O–H groups in total. The highest BCUT2D eigenvalue weighted by Crippen LogP contribution is 2.29. The second kappa shape index (κ2) is 7.75. The van der Waals surface area contributed by atoms with E-state index < -0.39 is 11.5 Å². The van der Waals surface area contributed by atoms with E-state index in [1.807, 2.05) is 26.0 Å². The predicted octanol–water partition coefficient (Wildman–Crippen LogP) is 1.55. The molecule has 1 aromatic carbocycles. The highest BCUT2D eigenvalue weighted by molar-refractivity contribution is 5.86. The summed E-state index contributed by atoms with van der Waals surface area (Å²) in [5.74, 6) is -0.730. The van der Waals surface area contributed by atoms with Crippen LogP contribution in [-0.2, 0) is 16.9 Å². The Morgan fingerprint density at radius 1 is 1.19 bits per heavy atom. The number of carbonyl (C=O) groups excluding carboxylic acids is 1. The van der Waals surface area contributed by atoms with Crippen molar-refractivity contribution in [1.82, 2.24) is 19.5 Å². The number of nitrogens with zero attached hydrogens (tertiary/aromatic N) is 3. The van der Waals surface area contributed by atoms with Crippen molar-refractivity contribution in [3.63, 3.8) is 0 Å². The molecule has 1 amide bonds. The number of nitrogens with one attached hydrogen (secondary N) is 1. The smallest absolute Gasteiger partial charge is 0.350 e. The Bertz CT molecular complexity index is 978. The van der Waals surface area contributed by atoms with Crippen molar-refractivity contribution in [2.45, 2.75) is 32.4 Å². The first-order chi connectivity index (χ1) is 12.9. The summed E-state index contributed by atoms with van der Waals surface area (Å²) in [5.41, 5.74) is -0.653. The number of carbonyl (C=O) groups is 1. The molecule has 0 aliphatic rings. The van der Waals surface area contributed by atoms with Crippen LogP contribution in [0.5, 0.6) is 0 Å². The summed E-state index contributed by atoms with van der Waals surface area (Å²) in [7, 11) is 0. The fourth-order valence-electron chi connectivity index (χ4n) is 3.10. The van der Waals surface area contributed by atoms with Crippen LogP contribution in [0, 0.1) is 5.92 Å². The zero-order chi connectivity index (χ0) is 19.4. The molecule has 3 rings (SSSR count). The quantitative estimate of drug-likeness (QED) is 0.619. The van der Waals surface area contributed by atoms with Gasteiger partial charge in [0.25, 0.3) is 5.91 Å². The zero-order valence-corrected chi connectivity index (χ0v) is 15.5. The number of aryl methyl sites for hydroxylation is 1. The third kappa shape index (κ3) is 3.64. The van der Waals surface area contributed by atoms with E-state index in [2.05, 4.69) is 10.4 Å². The first-order valence-corrected chi connectivity index (χ1v) is 9.05. The van der Waals surface area contributed by atoms with Gasteiger partial charge in [-0.15, -0.1) is 5.10 Å². The molecule has 0 bridgehead atoms.